The van der Waals surface area contributed by atoms with Crippen molar-refractivity contribution < 1.29 is 19.4 Å². The summed E-state index contributed by atoms with van der Waals surface area (Å²) in [6.45, 7) is 5.69. The highest BCUT2D eigenvalue weighted by Crippen LogP contribution is 2.65. The Labute approximate surface area is 157 Å². The van der Waals surface area contributed by atoms with Gasteiger partial charge in [-0.1, -0.05) is 19.9 Å². The minimum Gasteiger partial charge on any atom is -0.440 e. The first-order valence-corrected chi connectivity index (χ1v) is 10.1. The molecule has 6 rings (SSSR count). The van der Waals surface area contributed by atoms with Crippen LogP contribution >= 0.6 is 0 Å². The molecule has 0 aromatic heterocycles. The molecular weight excluding hydrogens is 344 g/mol. The third-order valence-electron chi connectivity index (χ3n) is 8.18. The highest BCUT2D eigenvalue weighted by Gasteiger charge is 2.66. The number of rotatable bonds is 0. The molecule has 6 aliphatic rings. The van der Waals surface area contributed by atoms with Crippen molar-refractivity contribution in [2.45, 2.75) is 44.9 Å². The first-order valence-electron chi connectivity index (χ1n) is 10.1. The fourth-order valence-electron chi connectivity index (χ4n) is 7.00. The number of aliphatic hydroxyl groups is 1. The Bertz CT molecular complexity index is 887. The van der Waals surface area contributed by atoms with Crippen LogP contribution < -0.4 is 5.32 Å². The maximum Gasteiger partial charge on any atom is 0.410 e. The summed E-state index contributed by atoms with van der Waals surface area (Å²) in [5.74, 6) is 0.709. The molecule has 2 N–H and O–H groups in total. The van der Waals surface area contributed by atoms with E-state index in [0.717, 1.165) is 23.3 Å². The van der Waals surface area contributed by atoms with E-state index in [4.69, 9.17) is 4.74 Å². The van der Waals surface area contributed by atoms with Gasteiger partial charge in [-0.25, -0.2) is 4.79 Å². The van der Waals surface area contributed by atoms with Crippen molar-refractivity contribution in [3.05, 3.63) is 34.6 Å². The van der Waals surface area contributed by atoms with Crippen molar-refractivity contribution in [1.82, 2.24) is 10.2 Å². The summed E-state index contributed by atoms with van der Waals surface area (Å²) >= 11 is 0. The standard InChI is InChI=1S/C21H24N2O4/c1-9-10(2)21(6-3-12-16(21)13(24)4-7-22-12)11-5-8-23-17-15(11)14(9)18(25)19(17)27-20(23)26/h3,6,9-11,17-19,22,25H,4-5,7-8H2,1-2H3/t9-,10-,11+,17-,18-,19-,21-/m0/s1. The number of piperidine rings is 1. The predicted molar refractivity (Wildman–Crippen MR) is 96.5 cm³/mol. The molecule has 0 saturated carbocycles. The monoisotopic (exact) mass is 368 g/mol. The third kappa shape index (κ3) is 1.59. The van der Waals surface area contributed by atoms with E-state index in [1.807, 2.05) is 0 Å². The molecule has 0 aromatic carbocycles. The summed E-state index contributed by atoms with van der Waals surface area (Å²) in [6.07, 6.45) is 4.14. The molecular formula is C21H24N2O4. The molecule has 27 heavy (non-hydrogen) atoms. The first kappa shape index (κ1) is 15.9. The Morgan fingerprint density at radius 3 is 2.93 bits per heavy atom. The van der Waals surface area contributed by atoms with Crippen LogP contribution in [0, 0.1) is 23.2 Å². The lowest BCUT2D eigenvalue weighted by atomic mass is 9.51. The zero-order valence-corrected chi connectivity index (χ0v) is 15.6. The van der Waals surface area contributed by atoms with Crippen molar-refractivity contribution in [3.63, 3.8) is 0 Å². The number of carbonyl (C=O) groups excluding carboxylic acids is 2. The number of fused-ring (bicyclic) bond motifs is 2. The first-order chi connectivity index (χ1) is 13.0. The Balaban J connectivity index is 1.58. The Morgan fingerprint density at radius 2 is 2.11 bits per heavy atom. The zero-order valence-electron chi connectivity index (χ0n) is 15.6. The van der Waals surface area contributed by atoms with E-state index in [1.165, 1.54) is 5.57 Å². The van der Waals surface area contributed by atoms with Gasteiger partial charge in [-0.15, -0.1) is 0 Å². The summed E-state index contributed by atoms with van der Waals surface area (Å²) in [4.78, 5) is 27.1. The molecule has 0 aromatic rings. The lowest BCUT2D eigenvalue weighted by Crippen LogP contribution is -2.54. The topological polar surface area (TPSA) is 78.9 Å². The molecule has 1 spiro atoms. The van der Waals surface area contributed by atoms with Crippen molar-refractivity contribution >= 4 is 11.9 Å². The average molecular weight is 368 g/mol. The van der Waals surface area contributed by atoms with E-state index >= 15 is 0 Å². The molecule has 142 valence electrons. The highest BCUT2D eigenvalue weighted by atomic mass is 16.6. The quantitative estimate of drug-likeness (QED) is 0.634. The SMILES string of the molecule is C[C@@H]1C2=C3[C@@H](CCN4C(=O)O[C@H]([C@H]2O)[C@H]34)[C@]2(C=CC3=C2C(=O)CCN3)[C@H]1C. The van der Waals surface area contributed by atoms with E-state index in [9.17, 15) is 14.7 Å². The number of Topliss-reactive ketones (excluding diaryl/α,β-unsaturated/α-hetero) is 1. The fraction of sp³-hybridized carbons (Fsp3) is 0.619. The summed E-state index contributed by atoms with van der Waals surface area (Å²) in [5.41, 5.74) is 3.80. The summed E-state index contributed by atoms with van der Waals surface area (Å²) < 4.78 is 5.57. The van der Waals surface area contributed by atoms with Crippen LogP contribution in [0.25, 0.3) is 0 Å². The van der Waals surface area contributed by atoms with Crippen molar-refractivity contribution in [3.8, 4) is 0 Å². The van der Waals surface area contributed by atoms with Gasteiger partial charge < -0.3 is 15.2 Å². The number of ether oxygens (including phenoxy) is 1. The van der Waals surface area contributed by atoms with Crippen LogP contribution in [0.2, 0.25) is 0 Å². The van der Waals surface area contributed by atoms with Crippen molar-refractivity contribution in [2.75, 3.05) is 13.1 Å². The van der Waals surface area contributed by atoms with Gasteiger partial charge in [-0.3, -0.25) is 9.69 Å². The fourth-order valence-corrected chi connectivity index (χ4v) is 7.00. The van der Waals surface area contributed by atoms with Crippen LogP contribution in [0.4, 0.5) is 4.79 Å². The Morgan fingerprint density at radius 1 is 1.30 bits per heavy atom. The van der Waals surface area contributed by atoms with Gasteiger partial charge in [-0.05, 0) is 41.4 Å². The number of carbonyl (C=O) groups is 2. The van der Waals surface area contributed by atoms with Gasteiger partial charge in [0.25, 0.3) is 0 Å². The molecule has 0 bridgehead atoms. The molecule has 1 amide bonds. The summed E-state index contributed by atoms with van der Waals surface area (Å²) in [7, 11) is 0. The van der Waals surface area contributed by atoms with E-state index in [1.54, 1.807) is 4.90 Å². The molecule has 3 heterocycles. The Kier molecular flexibility index (Phi) is 2.86. The number of nitrogens with one attached hydrogen (secondary N) is 1. The van der Waals surface area contributed by atoms with Crippen LogP contribution in [-0.2, 0) is 9.53 Å². The number of aliphatic hydroxyl groups excluding tert-OH is 1. The predicted octanol–water partition coefficient (Wildman–Crippen LogP) is 1.53. The van der Waals surface area contributed by atoms with Crippen LogP contribution in [0.5, 0.6) is 0 Å². The minimum absolute atomic E-state index is 0.127. The van der Waals surface area contributed by atoms with Crippen molar-refractivity contribution in [2.24, 2.45) is 23.2 Å². The lowest BCUT2D eigenvalue weighted by molar-refractivity contribution is -0.117. The van der Waals surface area contributed by atoms with Crippen molar-refractivity contribution in [1.29, 1.82) is 0 Å². The van der Waals surface area contributed by atoms with Gasteiger partial charge in [0, 0.05) is 36.2 Å². The van der Waals surface area contributed by atoms with E-state index < -0.39 is 12.2 Å². The molecule has 0 unspecified atom stereocenters. The molecule has 2 fully saturated rings. The average Bonchev–Trinajstić information content (AvgIpc) is 3.29. The molecule has 6 heteroatoms. The van der Waals surface area contributed by atoms with Gasteiger partial charge in [0.2, 0.25) is 0 Å². The molecule has 6 nitrogen and oxygen atoms in total. The third-order valence-corrected chi connectivity index (χ3v) is 8.18. The molecule has 3 aliphatic carbocycles. The van der Waals surface area contributed by atoms with E-state index in [2.05, 4.69) is 31.3 Å². The van der Waals surface area contributed by atoms with Gasteiger partial charge in [0.05, 0.1) is 6.04 Å². The zero-order chi connectivity index (χ0) is 18.7. The largest absolute Gasteiger partial charge is 0.440 e. The minimum atomic E-state index is -0.728. The van der Waals surface area contributed by atoms with E-state index in [0.29, 0.717) is 19.5 Å². The van der Waals surface area contributed by atoms with Crippen LogP contribution in [0.15, 0.2) is 34.6 Å². The van der Waals surface area contributed by atoms with Gasteiger partial charge in [0.1, 0.15) is 6.10 Å². The van der Waals surface area contributed by atoms with Crippen LogP contribution in [-0.4, -0.2) is 53.2 Å². The number of ketones is 1. The maximum atomic E-state index is 13.0. The summed E-state index contributed by atoms with van der Waals surface area (Å²) in [5, 5.41) is 14.4. The number of allylic oxidation sites excluding steroid dienone is 3. The van der Waals surface area contributed by atoms with Gasteiger partial charge >= 0.3 is 6.09 Å². The molecule has 0 radical (unpaired) electrons. The maximum absolute atomic E-state index is 13.0. The lowest BCUT2D eigenvalue weighted by Gasteiger charge is -2.54. The number of hydrogen-bond acceptors (Lipinski definition) is 5. The molecule has 2 saturated heterocycles. The van der Waals surface area contributed by atoms with Crippen LogP contribution in [0.1, 0.15) is 26.7 Å². The normalized spacial score (nSPS) is 46.9. The second kappa shape index (κ2) is 4.85. The van der Waals surface area contributed by atoms with Gasteiger partial charge in [-0.2, -0.15) is 0 Å². The molecule has 3 aliphatic heterocycles. The second-order valence-electron chi connectivity index (χ2n) is 8.92. The van der Waals surface area contributed by atoms with Gasteiger partial charge in [0.15, 0.2) is 11.9 Å². The highest BCUT2D eigenvalue weighted by molar-refractivity contribution is 6.00. The van der Waals surface area contributed by atoms with Crippen LogP contribution in [0.3, 0.4) is 0 Å². The number of hydrogen-bond donors (Lipinski definition) is 2. The number of amides is 1. The smallest absolute Gasteiger partial charge is 0.410 e. The summed E-state index contributed by atoms with van der Waals surface area (Å²) in [6, 6.07) is -0.169. The Hall–Kier alpha value is -2.08. The molecule has 7 atom stereocenters. The number of nitrogens with zero attached hydrogens (tertiary/aromatic N) is 1. The second-order valence-corrected chi connectivity index (χ2v) is 8.92. The van der Waals surface area contributed by atoms with E-state index in [-0.39, 0.29) is 41.1 Å².